The van der Waals surface area contributed by atoms with E-state index in [1.807, 2.05) is 66.7 Å². The molecule has 0 fully saturated rings. The van der Waals surface area contributed by atoms with Crippen molar-refractivity contribution in [2.75, 3.05) is 11.7 Å². The van der Waals surface area contributed by atoms with E-state index in [0.29, 0.717) is 5.02 Å². The maximum atomic E-state index is 14.4. The number of benzene rings is 4. The Labute approximate surface area is 176 Å². The molecule has 0 amide bonds. The summed E-state index contributed by atoms with van der Waals surface area (Å²) in [6.07, 6.45) is 0. The van der Waals surface area contributed by atoms with E-state index in [9.17, 15) is 4.39 Å². The van der Waals surface area contributed by atoms with Crippen LogP contribution in [0.2, 0.25) is 5.02 Å². The van der Waals surface area contributed by atoms with E-state index in [2.05, 4.69) is 36.0 Å². The molecule has 4 rings (SSSR count). The summed E-state index contributed by atoms with van der Waals surface area (Å²) in [5.74, 6) is -0.233. The van der Waals surface area contributed by atoms with E-state index in [-0.39, 0.29) is 5.82 Å². The summed E-state index contributed by atoms with van der Waals surface area (Å²) < 4.78 is 16.7. The molecule has 0 saturated carbocycles. The molecule has 0 spiro atoms. The van der Waals surface area contributed by atoms with Crippen molar-refractivity contribution >= 4 is 40.6 Å². The number of rotatable bonds is 5. The molecule has 4 aromatic carbocycles. The predicted molar refractivity (Wildman–Crippen MR) is 125 cm³/mol. The second kappa shape index (κ2) is 8.37. The predicted octanol–water partition coefficient (Wildman–Crippen LogP) is 5.82. The molecule has 0 aliphatic rings. The zero-order chi connectivity index (χ0) is 20.3. The lowest BCUT2D eigenvalue weighted by atomic mass is 10.3. The molecule has 0 aromatic heterocycles. The second-order valence-electron chi connectivity index (χ2n) is 6.79. The third-order valence-corrected chi connectivity index (χ3v) is 9.59. The molecule has 144 valence electrons. The van der Waals surface area contributed by atoms with Gasteiger partial charge in [-0.15, -0.1) is 0 Å². The van der Waals surface area contributed by atoms with Crippen LogP contribution in [-0.4, -0.2) is 7.05 Å². The van der Waals surface area contributed by atoms with Crippen LogP contribution in [0.25, 0.3) is 0 Å². The fourth-order valence-corrected chi connectivity index (χ4v) is 8.12. The van der Waals surface area contributed by atoms with Gasteiger partial charge in [-0.2, -0.15) is 0 Å². The number of hydrogen-bond donors (Lipinski definition) is 0. The van der Waals surface area contributed by atoms with Gasteiger partial charge in [-0.3, -0.25) is 0 Å². The van der Waals surface area contributed by atoms with Gasteiger partial charge in [0.05, 0.1) is 5.69 Å². The minimum atomic E-state index is -2.36. The first-order valence-electron chi connectivity index (χ1n) is 9.38. The van der Waals surface area contributed by atoms with Gasteiger partial charge in [0.15, 0.2) is 0 Å². The van der Waals surface area contributed by atoms with E-state index in [4.69, 9.17) is 11.6 Å². The Kier molecular flexibility index (Phi) is 5.67. The van der Waals surface area contributed by atoms with Gasteiger partial charge in [0.25, 0.3) is 0 Å². The van der Waals surface area contributed by atoms with Crippen molar-refractivity contribution in [1.29, 1.82) is 0 Å². The standard InChI is InChI=1S/C25H21ClFNP/c1-28(22-17-15-20(26)16-18-22)29(23-10-4-2-5-11-23,24-12-6-3-7-13-24)25-14-8-9-21(27)19-25/h2-19H,1H3/q+1. The van der Waals surface area contributed by atoms with Gasteiger partial charge < -0.3 is 0 Å². The molecular weight excluding hydrogens is 400 g/mol. The Hall–Kier alpha value is -2.67. The summed E-state index contributed by atoms with van der Waals surface area (Å²) in [5.41, 5.74) is 1.03. The normalized spacial score (nSPS) is 11.3. The fraction of sp³-hybridized carbons (Fsp3) is 0.0400. The van der Waals surface area contributed by atoms with Gasteiger partial charge in [0, 0.05) is 18.1 Å². The molecule has 0 bridgehead atoms. The fourth-order valence-electron chi connectivity index (χ4n) is 3.76. The summed E-state index contributed by atoms with van der Waals surface area (Å²) in [6.45, 7) is 0. The average molecular weight is 421 g/mol. The van der Waals surface area contributed by atoms with Crippen LogP contribution in [0.4, 0.5) is 10.1 Å². The van der Waals surface area contributed by atoms with Crippen molar-refractivity contribution in [2.45, 2.75) is 0 Å². The third kappa shape index (κ3) is 3.67. The summed E-state index contributed by atoms with van der Waals surface area (Å²) in [5, 5.41) is 3.98. The molecule has 1 nitrogen and oxygen atoms in total. The first kappa shape index (κ1) is 19.6. The monoisotopic (exact) mass is 420 g/mol. The van der Waals surface area contributed by atoms with Crippen LogP contribution in [0, 0.1) is 5.82 Å². The topological polar surface area (TPSA) is 3.24 Å². The molecule has 4 aromatic rings. The maximum absolute atomic E-state index is 14.4. The molecule has 0 aliphatic heterocycles. The minimum Gasteiger partial charge on any atom is -0.237 e. The highest BCUT2D eigenvalue weighted by molar-refractivity contribution is 7.96. The van der Waals surface area contributed by atoms with E-state index in [1.165, 1.54) is 6.07 Å². The van der Waals surface area contributed by atoms with Crippen LogP contribution in [-0.2, 0) is 0 Å². The quantitative estimate of drug-likeness (QED) is 0.367. The second-order valence-corrected chi connectivity index (χ2v) is 10.6. The maximum Gasteiger partial charge on any atom is 0.202 e. The number of hydrogen-bond acceptors (Lipinski definition) is 1. The van der Waals surface area contributed by atoms with Crippen LogP contribution < -0.4 is 20.6 Å². The third-order valence-electron chi connectivity index (χ3n) is 5.09. The molecule has 29 heavy (non-hydrogen) atoms. The summed E-state index contributed by atoms with van der Waals surface area (Å²) >= 11 is 6.14. The average Bonchev–Trinajstić information content (AvgIpc) is 2.76. The Bertz CT molecular complexity index is 1050. The highest BCUT2D eigenvalue weighted by Crippen LogP contribution is 2.59. The van der Waals surface area contributed by atoms with E-state index in [0.717, 1.165) is 21.6 Å². The van der Waals surface area contributed by atoms with Crippen LogP contribution in [0.15, 0.2) is 109 Å². The Morgan fingerprint density at radius 2 is 1.17 bits per heavy atom. The minimum absolute atomic E-state index is 0.233. The van der Waals surface area contributed by atoms with E-state index < -0.39 is 7.41 Å². The number of halogens is 2. The van der Waals surface area contributed by atoms with Crippen molar-refractivity contribution in [1.82, 2.24) is 0 Å². The zero-order valence-electron chi connectivity index (χ0n) is 16.0. The highest BCUT2D eigenvalue weighted by Gasteiger charge is 2.50. The molecule has 0 heterocycles. The van der Waals surface area contributed by atoms with Gasteiger partial charge in [0.2, 0.25) is 7.41 Å². The lowest BCUT2D eigenvalue weighted by Crippen LogP contribution is -2.42. The Balaban J connectivity index is 2.07. The van der Waals surface area contributed by atoms with Gasteiger partial charge >= 0.3 is 0 Å². The first-order valence-corrected chi connectivity index (χ1v) is 11.5. The molecule has 0 atom stereocenters. The van der Waals surface area contributed by atoms with E-state index in [1.54, 1.807) is 12.1 Å². The Morgan fingerprint density at radius 3 is 1.69 bits per heavy atom. The SMILES string of the molecule is CN(c1ccc(Cl)cc1)[P+](c1ccccc1)(c1ccccc1)c1cccc(F)c1. The first-order chi connectivity index (χ1) is 14.1. The zero-order valence-corrected chi connectivity index (χ0v) is 17.7. The summed E-state index contributed by atoms with van der Waals surface area (Å²) in [7, 11) is -0.273. The van der Waals surface area contributed by atoms with Crippen LogP contribution in [0.3, 0.4) is 0 Å². The molecule has 0 unspecified atom stereocenters. The van der Waals surface area contributed by atoms with Crippen LogP contribution >= 0.6 is 19.0 Å². The van der Waals surface area contributed by atoms with Gasteiger partial charge in [-0.05, 0) is 60.7 Å². The Morgan fingerprint density at radius 1 is 0.655 bits per heavy atom. The van der Waals surface area contributed by atoms with Gasteiger partial charge in [-0.1, -0.05) is 54.1 Å². The highest BCUT2D eigenvalue weighted by atomic mass is 35.5. The smallest absolute Gasteiger partial charge is 0.202 e. The largest absolute Gasteiger partial charge is 0.237 e. The van der Waals surface area contributed by atoms with E-state index >= 15 is 0 Å². The van der Waals surface area contributed by atoms with Crippen LogP contribution in [0.5, 0.6) is 0 Å². The van der Waals surface area contributed by atoms with Gasteiger partial charge in [0.1, 0.15) is 21.7 Å². The van der Waals surface area contributed by atoms with Crippen molar-refractivity contribution in [2.24, 2.45) is 0 Å². The molecule has 0 radical (unpaired) electrons. The molecule has 0 aliphatic carbocycles. The lowest BCUT2D eigenvalue weighted by Gasteiger charge is -2.35. The molecule has 4 heteroatoms. The van der Waals surface area contributed by atoms with Gasteiger partial charge in [-0.25, -0.2) is 9.06 Å². The van der Waals surface area contributed by atoms with Crippen LogP contribution in [0.1, 0.15) is 0 Å². The lowest BCUT2D eigenvalue weighted by molar-refractivity contribution is 0.629. The molecule has 0 saturated heterocycles. The molecular formula is C25H21ClFNP+. The number of nitrogens with zero attached hydrogens (tertiary/aromatic N) is 1. The van der Waals surface area contributed by atoms with Crippen molar-refractivity contribution < 1.29 is 4.39 Å². The van der Waals surface area contributed by atoms with Crippen molar-refractivity contribution in [3.8, 4) is 0 Å². The number of anilines is 1. The summed E-state index contributed by atoms with van der Waals surface area (Å²) in [4.78, 5) is 0. The van der Waals surface area contributed by atoms with Crippen molar-refractivity contribution in [3.05, 3.63) is 120 Å². The molecule has 0 N–H and O–H groups in total. The van der Waals surface area contributed by atoms with Crippen molar-refractivity contribution in [3.63, 3.8) is 0 Å². The summed E-state index contributed by atoms with van der Waals surface area (Å²) in [6, 6.07) is 35.5.